The lowest BCUT2D eigenvalue weighted by molar-refractivity contribution is 0.147. The second kappa shape index (κ2) is 9.43. The van der Waals surface area contributed by atoms with Crippen molar-refractivity contribution in [1.82, 2.24) is 14.9 Å². The number of benzene rings is 1. The zero-order valence-corrected chi connectivity index (χ0v) is 17.0. The lowest BCUT2D eigenvalue weighted by Crippen LogP contribution is -2.36. The molecule has 5 nitrogen and oxygen atoms in total. The summed E-state index contributed by atoms with van der Waals surface area (Å²) in [6, 6.07) is 10.6. The van der Waals surface area contributed by atoms with E-state index in [0.29, 0.717) is 5.92 Å². The van der Waals surface area contributed by atoms with Gasteiger partial charge in [0.25, 0.3) is 0 Å². The quantitative estimate of drug-likeness (QED) is 0.605. The normalized spacial score (nSPS) is 15.5. The molecular weight excluding hydrogens is 387 g/mol. The van der Waals surface area contributed by atoms with E-state index in [1.165, 1.54) is 41.9 Å². The van der Waals surface area contributed by atoms with Crippen molar-refractivity contribution in [2.45, 2.75) is 19.3 Å². The van der Waals surface area contributed by atoms with Crippen molar-refractivity contribution in [1.29, 1.82) is 0 Å². The van der Waals surface area contributed by atoms with Crippen LogP contribution in [0.3, 0.4) is 0 Å². The lowest BCUT2D eigenvalue weighted by atomic mass is 9.91. The van der Waals surface area contributed by atoms with Crippen LogP contribution in [0.2, 0.25) is 0 Å². The molecule has 7 heteroatoms. The highest BCUT2D eigenvalue weighted by atomic mass is 32.1. The molecule has 0 unspecified atom stereocenters. The third kappa shape index (κ3) is 5.38. The maximum absolute atomic E-state index is 13.1. The monoisotopic (exact) mass is 412 g/mol. The molecule has 3 heterocycles. The summed E-state index contributed by atoms with van der Waals surface area (Å²) in [6.07, 6.45) is 7.12. The second-order valence-electron chi connectivity index (χ2n) is 7.43. The molecule has 0 saturated carbocycles. The summed E-state index contributed by atoms with van der Waals surface area (Å²) in [5.41, 5.74) is 2.20. The Morgan fingerprint density at radius 1 is 1.07 bits per heavy atom. The molecule has 4 rings (SSSR count). The van der Waals surface area contributed by atoms with Gasteiger partial charge in [-0.05, 0) is 67.6 Å². The number of nitrogens with one attached hydrogen (secondary N) is 1. The van der Waals surface area contributed by atoms with Gasteiger partial charge in [0.2, 0.25) is 0 Å². The average molecular weight is 413 g/mol. The number of likely N-dealkylation sites (tertiary alicyclic amines) is 1. The predicted octanol–water partition coefficient (Wildman–Crippen LogP) is 4.33. The summed E-state index contributed by atoms with van der Waals surface area (Å²) in [5, 5.41) is 13.1. The molecule has 0 spiro atoms. The molecule has 1 aromatic carbocycles. The van der Waals surface area contributed by atoms with E-state index in [0.717, 1.165) is 47.4 Å². The zero-order chi connectivity index (χ0) is 20.1. The number of thiazole rings is 1. The molecule has 1 saturated heterocycles. The first-order valence-electron chi connectivity index (χ1n) is 9.96. The zero-order valence-electron chi connectivity index (χ0n) is 16.2. The number of anilines is 2. The number of piperidine rings is 1. The van der Waals surface area contributed by atoms with E-state index in [-0.39, 0.29) is 12.4 Å². The molecule has 1 fully saturated rings. The standard InChI is InChI=1S/C22H25FN4OS/c23-19-4-2-18(3-5-19)20-15-25-22(29-20)26-21-6-1-17(14-24-21)13-16-7-9-27(10-8-16)11-12-28/h1-6,14-16,28H,7-13H2,(H,24,25,26). The predicted molar refractivity (Wildman–Crippen MR) is 115 cm³/mol. The van der Waals surface area contributed by atoms with Crippen molar-refractivity contribution in [3.05, 3.63) is 60.2 Å². The molecule has 152 valence electrons. The van der Waals surface area contributed by atoms with Crippen molar-refractivity contribution < 1.29 is 9.50 Å². The number of aromatic nitrogens is 2. The van der Waals surface area contributed by atoms with Crippen LogP contribution < -0.4 is 5.32 Å². The number of pyridine rings is 1. The second-order valence-corrected chi connectivity index (χ2v) is 8.46. The minimum absolute atomic E-state index is 0.239. The van der Waals surface area contributed by atoms with Gasteiger partial charge >= 0.3 is 0 Å². The minimum Gasteiger partial charge on any atom is -0.395 e. The van der Waals surface area contributed by atoms with E-state index in [4.69, 9.17) is 5.11 Å². The summed E-state index contributed by atoms with van der Waals surface area (Å²) in [6.45, 7) is 3.17. The summed E-state index contributed by atoms with van der Waals surface area (Å²) in [5.74, 6) is 1.21. The van der Waals surface area contributed by atoms with Crippen LogP contribution in [-0.2, 0) is 6.42 Å². The minimum atomic E-state index is -0.239. The SMILES string of the molecule is OCCN1CCC(Cc2ccc(Nc3ncc(-c4ccc(F)cc4)s3)nc2)CC1. The molecule has 0 aliphatic carbocycles. The third-order valence-electron chi connectivity index (χ3n) is 5.34. The number of halogens is 1. The van der Waals surface area contributed by atoms with Gasteiger partial charge in [-0.3, -0.25) is 0 Å². The number of hydrogen-bond donors (Lipinski definition) is 2. The third-order valence-corrected chi connectivity index (χ3v) is 6.30. The first-order valence-corrected chi connectivity index (χ1v) is 10.8. The van der Waals surface area contributed by atoms with Gasteiger partial charge in [-0.1, -0.05) is 29.5 Å². The van der Waals surface area contributed by atoms with Gasteiger partial charge in [-0.2, -0.15) is 0 Å². The molecule has 0 amide bonds. The van der Waals surface area contributed by atoms with Gasteiger partial charge < -0.3 is 15.3 Å². The van der Waals surface area contributed by atoms with E-state index in [1.54, 1.807) is 18.3 Å². The van der Waals surface area contributed by atoms with Gasteiger partial charge in [0.15, 0.2) is 5.13 Å². The van der Waals surface area contributed by atoms with Crippen LogP contribution in [0.1, 0.15) is 18.4 Å². The molecule has 1 aliphatic rings. The molecule has 3 aromatic rings. The Bertz CT molecular complexity index is 905. The van der Waals surface area contributed by atoms with Crippen LogP contribution in [0.15, 0.2) is 48.8 Å². The molecule has 29 heavy (non-hydrogen) atoms. The van der Waals surface area contributed by atoms with Crippen LogP contribution in [0, 0.1) is 11.7 Å². The highest BCUT2D eigenvalue weighted by molar-refractivity contribution is 7.18. The van der Waals surface area contributed by atoms with Crippen LogP contribution >= 0.6 is 11.3 Å². The molecular formula is C22H25FN4OS. The topological polar surface area (TPSA) is 61.3 Å². The fourth-order valence-electron chi connectivity index (χ4n) is 3.70. The summed E-state index contributed by atoms with van der Waals surface area (Å²) in [7, 11) is 0. The van der Waals surface area contributed by atoms with Crippen molar-refractivity contribution in [3.8, 4) is 10.4 Å². The number of β-amino-alcohol motifs (C(OH)–C–C–N with tert-alkyl or cyclic N) is 1. The Balaban J connectivity index is 1.31. The van der Waals surface area contributed by atoms with E-state index < -0.39 is 0 Å². The first kappa shape index (κ1) is 19.9. The van der Waals surface area contributed by atoms with Crippen LogP contribution in [0.5, 0.6) is 0 Å². The molecule has 2 N–H and O–H groups in total. The molecule has 0 bridgehead atoms. The van der Waals surface area contributed by atoms with Crippen molar-refractivity contribution in [2.24, 2.45) is 5.92 Å². The number of rotatable bonds is 7. The fourth-order valence-corrected chi connectivity index (χ4v) is 4.53. The van der Waals surface area contributed by atoms with E-state index >= 15 is 0 Å². The maximum Gasteiger partial charge on any atom is 0.188 e. The highest BCUT2D eigenvalue weighted by Crippen LogP contribution is 2.30. The summed E-state index contributed by atoms with van der Waals surface area (Å²) < 4.78 is 13.1. The summed E-state index contributed by atoms with van der Waals surface area (Å²) in [4.78, 5) is 12.3. The van der Waals surface area contributed by atoms with Crippen molar-refractivity contribution in [3.63, 3.8) is 0 Å². The molecule has 2 aromatic heterocycles. The number of hydrogen-bond acceptors (Lipinski definition) is 6. The average Bonchev–Trinajstić information content (AvgIpc) is 3.20. The Morgan fingerprint density at radius 3 is 2.55 bits per heavy atom. The van der Waals surface area contributed by atoms with Crippen LogP contribution in [0.25, 0.3) is 10.4 Å². The Morgan fingerprint density at radius 2 is 1.86 bits per heavy atom. The first-order chi connectivity index (χ1) is 14.2. The van der Waals surface area contributed by atoms with E-state index in [2.05, 4.69) is 26.3 Å². The van der Waals surface area contributed by atoms with Crippen molar-refractivity contribution >= 4 is 22.3 Å². The molecule has 0 radical (unpaired) electrons. The Hall–Kier alpha value is -2.35. The fraction of sp³-hybridized carbons (Fsp3) is 0.364. The Labute approximate surface area is 174 Å². The van der Waals surface area contributed by atoms with E-state index in [9.17, 15) is 4.39 Å². The van der Waals surface area contributed by atoms with Gasteiger partial charge in [0.05, 0.1) is 11.5 Å². The number of nitrogens with zero attached hydrogens (tertiary/aromatic N) is 3. The van der Waals surface area contributed by atoms with Gasteiger partial charge in [0.1, 0.15) is 11.6 Å². The van der Waals surface area contributed by atoms with Crippen LogP contribution in [0.4, 0.5) is 15.3 Å². The smallest absolute Gasteiger partial charge is 0.188 e. The Kier molecular flexibility index (Phi) is 6.49. The van der Waals surface area contributed by atoms with Crippen LogP contribution in [-0.4, -0.2) is 46.2 Å². The number of aliphatic hydroxyl groups excluding tert-OH is 1. The van der Waals surface area contributed by atoms with Crippen molar-refractivity contribution in [2.75, 3.05) is 31.6 Å². The highest BCUT2D eigenvalue weighted by Gasteiger charge is 2.19. The molecule has 0 atom stereocenters. The van der Waals surface area contributed by atoms with Gasteiger partial charge in [-0.15, -0.1) is 0 Å². The van der Waals surface area contributed by atoms with E-state index in [1.807, 2.05) is 12.3 Å². The molecule has 1 aliphatic heterocycles. The van der Waals surface area contributed by atoms with Gasteiger partial charge in [-0.25, -0.2) is 14.4 Å². The van der Waals surface area contributed by atoms with Gasteiger partial charge in [0, 0.05) is 18.9 Å². The number of aliphatic hydroxyl groups is 1. The lowest BCUT2D eigenvalue weighted by Gasteiger charge is -2.31. The maximum atomic E-state index is 13.1. The summed E-state index contributed by atoms with van der Waals surface area (Å²) >= 11 is 1.52. The largest absolute Gasteiger partial charge is 0.395 e.